The van der Waals surface area contributed by atoms with Crippen LogP contribution in [0.3, 0.4) is 0 Å². The van der Waals surface area contributed by atoms with Crippen LogP contribution in [0.25, 0.3) is 0 Å². The molecule has 7 nitrogen and oxygen atoms in total. The summed E-state index contributed by atoms with van der Waals surface area (Å²) < 4.78 is 14.5. The van der Waals surface area contributed by atoms with Crippen LogP contribution in [-0.2, 0) is 6.42 Å². The van der Waals surface area contributed by atoms with Crippen LogP contribution in [0.2, 0.25) is 0 Å². The summed E-state index contributed by atoms with van der Waals surface area (Å²) in [6, 6.07) is 2.08. The van der Waals surface area contributed by atoms with Gasteiger partial charge in [0.2, 0.25) is 0 Å². The van der Waals surface area contributed by atoms with Gasteiger partial charge in [0, 0.05) is 45.3 Å². The van der Waals surface area contributed by atoms with Crippen LogP contribution in [0.15, 0.2) is 18.7 Å². The highest BCUT2D eigenvalue weighted by Crippen LogP contribution is 2.24. The number of nitrogens with zero attached hydrogens (tertiary/aromatic N) is 7. The Balaban J connectivity index is 1.44. The van der Waals surface area contributed by atoms with Gasteiger partial charge in [-0.3, -0.25) is 0 Å². The fourth-order valence-electron chi connectivity index (χ4n) is 3.82. The summed E-state index contributed by atoms with van der Waals surface area (Å²) in [5.41, 5.74) is 0.476. The van der Waals surface area contributed by atoms with Crippen LogP contribution in [-0.4, -0.2) is 59.2 Å². The number of aromatic nitrogens is 4. The highest BCUT2D eigenvalue weighted by Gasteiger charge is 2.23. The molecule has 2 aliphatic heterocycles. The zero-order chi connectivity index (χ0) is 18.6. The molecule has 4 heterocycles. The molecule has 0 atom stereocenters. The van der Waals surface area contributed by atoms with Gasteiger partial charge in [-0.1, -0.05) is 6.92 Å². The Hall–Kier alpha value is -2.51. The lowest BCUT2D eigenvalue weighted by molar-refractivity contribution is 0.566. The molecule has 0 amide bonds. The van der Waals surface area contributed by atoms with E-state index in [4.69, 9.17) is 0 Å². The van der Waals surface area contributed by atoms with E-state index in [0.717, 1.165) is 37.8 Å². The lowest BCUT2D eigenvalue weighted by atomic mass is 10.1. The Morgan fingerprint density at radius 2 is 1.37 bits per heavy atom. The van der Waals surface area contributed by atoms with Crippen LogP contribution in [0.5, 0.6) is 0 Å². The van der Waals surface area contributed by atoms with E-state index in [-0.39, 0.29) is 5.82 Å². The van der Waals surface area contributed by atoms with Crippen LogP contribution in [0, 0.1) is 5.82 Å². The summed E-state index contributed by atoms with van der Waals surface area (Å²) in [6.45, 7) is 7.01. The standard InChI is InChI=1S/C19H26FN7/c1-2-15-18(20)19(24-13-21-15)27-10-8-26(9-11-27)17-12-16(22-14-23-17)25-6-4-3-5-7-25/h12-14H,2-11H2,1H3. The molecule has 0 bridgehead atoms. The third-order valence-corrected chi connectivity index (χ3v) is 5.40. The van der Waals surface area contributed by atoms with Gasteiger partial charge in [0.1, 0.15) is 24.3 Å². The van der Waals surface area contributed by atoms with Crippen LogP contribution in [0.4, 0.5) is 21.8 Å². The molecule has 0 spiro atoms. The monoisotopic (exact) mass is 371 g/mol. The van der Waals surface area contributed by atoms with Crippen molar-refractivity contribution in [3.63, 3.8) is 0 Å². The van der Waals surface area contributed by atoms with E-state index in [1.165, 1.54) is 25.6 Å². The van der Waals surface area contributed by atoms with Crippen molar-refractivity contribution in [1.82, 2.24) is 19.9 Å². The quantitative estimate of drug-likeness (QED) is 0.817. The molecular formula is C19H26FN7. The van der Waals surface area contributed by atoms with E-state index >= 15 is 0 Å². The maximum Gasteiger partial charge on any atom is 0.187 e. The van der Waals surface area contributed by atoms with Gasteiger partial charge in [-0.25, -0.2) is 24.3 Å². The van der Waals surface area contributed by atoms with E-state index in [1.54, 1.807) is 6.33 Å². The van der Waals surface area contributed by atoms with Crippen molar-refractivity contribution in [2.75, 3.05) is 54.0 Å². The third kappa shape index (κ3) is 3.79. The summed E-state index contributed by atoms with van der Waals surface area (Å²) >= 11 is 0. The zero-order valence-corrected chi connectivity index (χ0v) is 15.8. The predicted octanol–water partition coefficient (Wildman–Crippen LogP) is 2.29. The SMILES string of the molecule is CCc1ncnc(N2CCN(c3cc(N4CCCCC4)ncn3)CC2)c1F. The molecule has 2 aromatic heterocycles. The second-order valence-corrected chi connectivity index (χ2v) is 7.07. The highest BCUT2D eigenvalue weighted by molar-refractivity contribution is 5.52. The minimum absolute atomic E-state index is 0.289. The first kappa shape index (κ1) is 17.9. The fraction of sp³-hybridized carbons (Fsp3) is 0.579. The van der Waals surface area contributed by atoms with Crippen molar-refractivity contribution in [2.24, 2.45) is 0 Å². The summed E-state index contributed by atoms with van der Waals surface area (Å²) in [7, 11) is 0. The number of piperazine rings is 1. The Labute approximate surface area is 159 Å². The molecule has 2 aliphatic rings. The Kier molecular flexibility index (Phi) is 5.31. The van der Waals surface area contributed by atoms with E-state index in [1.807, 2.05) is 11.8 Å². The van der Waals surface area contributed by atoms with Crippen molar-refractivity contribution in [3.05, 3.63) is 30.2 Å². The van der Waals surface area contributed by atoms with Crippen molar-refractivity contribution >= 4 is 17.5 Å². The van der Waals surface area contributed by atoms with E-state index < -0.39 is 0 Å². The summed E-state index contributed by atoms with van der Waals surface area (Å²) in [5.74, 6) is 2.08. The minimum Gasteiger partial charge on any atom is -0.356 e. The average molecular weight is 371 g/mol. The molecule has 2 fully saturated rings. The normalized spacial score (nSPS) is 18.1. The summed E-state index contributed by atoms with van der Waals surface area (Å²) in [5, 5.41) is 0. The van der Waals surface area contributed by atoms with Crippen molar-refractivity contribution in [3.8, 4) is 0 Å². The Bertz CT molecular complexity index is 770. The van der Waals surface area contributed by atoms with Crippen molar-refractivity contribution in [1.29, 1.82) is 0 Å². The number of rotatable bonds is 4. The van der Waals surface area contributed by atoms with Crippen LogP contribution in [0.1, 0.15) is 31.9 Å². The van der Waals surface area contributed by atoms with Crippen molar-refractivity contribution in [2.45, 2.75) is 32.6 Å². The number of anilines is 3. The molecule has 0 radical (unpaired) electrons. The number of piperidine rings is 1. The second kappa shape index (κ2) is 8.02. The minimum atomic E-state index is -0.289. The molecule has 2 aromatic rings. The molecule has 0 aliphatic carbocycles. The molecule has 0 unspecified atom stereocenters. The fourth-order valence-corrected chi connectivity index (χ4v) is 3.82. The molecular weight excluding hydrogens is 345 g/mol. The average Bonchev–Trinajstić information content (AvgIpc) is 2.75. The smallest absolute Gasteiger partial charge is 0.187 e. The molecule has 0 N–H and O–H groups in total. The first-order valence-corrected chi connectivity index (χ1v) is 9.82. The summed E-state index contributed by atoms with van der Waals surface area (Å²) in [6.07, 6.45) is 7.43. The largest absolute Gasteiger partial charge is 0.356 e. The molecule has 4 rings (SSSR count). The molecule has 144 valence electrons. The second-order valence-electron chi connectivity index (χ2n) is 7.07. The Morgan fingerprint density at radius 3 is 2.04 bits per heavy atom. The van der Waals surface area contributed by atoms with E-state index in [2.05, 4.69) is 35.8 Å². The molecule has 2 saturated heterocycles. The number of halogens is 1. The van der Waals surface area contributed by atoms with E-state index in [9.17, 15) is 4.39 Å². The molecule has 27 heavy (non-hydrogen) atoms. The van der Waals surface area contributed by atoms with E-state index in [0.29, 0.717) is 31.0 Å². The van der Waals surface area contributed by atoms with Gasteiger partial charge in [0.05, 0.1) is 5.69 Å². The van der Waals surface area contributed by atoms with Gasteiger partial charge in [0.15, 0.2) is 11.6 Å². The first-order valence-electron chi connectivity index (χ1n) is 9.82. The van der Waals surface area contributed by atoms with Gasteiger partial charge in [-0.2, -0.15) is 0 Å². The first-order chi connectivity index (χ1) is 13.3. The van der Waals surface area contributed by atoms with Gasteiger partial charge in [-0.15, -0.1) is 0 Å². The molecule has 0 saturated carbocycles. The lowest BCUT2D eigenvalue weighted by Gasteiger charge is -2.36. The molecule has 0 aromatic carbocycles. The Morgan fingerprint density at radius 1 is 0.778 bits per heavy atom. The number of hydrogen-bond acceptors (Lipinski definition) is 7. The number of hydrogen-bond donors (Lipinski definition) is 0. The zero-order valence-electron chi connectivity index (χ0n) is 15.8. The predicted molar refractivity (Wildman–Crippen MR) is 104 cm³/mol. The molecule has 8 heteroatoms. The van der Waals surface area contributed by atoms with Gasteiger partial charge in [-0.05, 0) is 25.7 Å². The van der Waals surface area contributed by atoms with Gasteiger partial charge >= 0.3 is 0 Å². The van der Waals surface area contributed by atoms with Gasteiger partial charge in [0.25, 0.3) is 0 Å². The highest BCUT2D eigenvalue weighted by atomic mass is 19.1. The topological polar surface area (TPSA) is 61.3 Å². The summed E-state index contributed by atoms with van der Waals surface area (Å²) in [4.78, 5) is 23.7. The van der Waals surface area contributed by atoms with Crippen molar-refractivity contribution < 1.29 is 4.39 Å². The maximum absolute atomic E-state index is 14.5. The van der Waals surface area contributed by atoms with Crippen LogP contribution < -0.4 is 14.7 Å². The number of aryl methyl sites for hydroxylation is 1. The van der Waals surface area contributed by atoms with Crippen LogP contribution >= 0.6 is 0 Å². The maximum atomic E-state index is 14.5. The van der Waals surface area contributed by atoms with Gasteiger partial charge < -0.3 is 14.7 Å². The third-order valence-electron chi connectivity index (χ3n) is 5.40. The lowest BCUT2D eigenvalue weighted by Crippen LogP contribution is -2.47.